The first-order chi connectivity index (χ1) is 11.8. The topological polar surface area (TPSA) is 46.8 Å². The molecule has 5 heteroatoms. The molecule has 1 fully saturated rings. The molecule has 3 aromatic heterocycles. The SMILES string of the molecule is Cc1nccn1-c1cccc([C@@H]2CCCN2Cc2ccccn2)n1. The predicted octanol–water partition coefficient (Wildman–Crippen LogP) is 3.31. The van der Waals surface area contributed by atoms with Gasteiger partial charge in [0.15, 0.2) is 0 Å². The van der Waals surface area contributed by atoms with Gasteiger partial charge in [-0.25, -0.2) is 9.97 Å². The maximum absolute atomic E-state index is 4.91. The first-order valence-electron chi connectivity index (χ1n) is 8.42. The van der Waals surface area contributed by atoms with Crippen molar-refractivity contribution >= 4 is 0 Å². The van der Waals surface area contributed by atoms with Crippen molar-refractivity contribution in [2.75, 3.05) is 6.54 Å². The fourth-order valence-corrected chi connectivity index (χ4v) is 3.43. The second-order valence-corrected chi connectivity index (χ2v) is 6.21. The van der Waals surface area contributed by atoms with Crippen LogP contribution in [0.4, 0.5) is 0 Å². The molecule has 24 heavy (non-hydrogen) atoms. The Bertz CT molecular complexity index is 811. The number of imidazole rings is 1. The fraction of sp³-hybridized carbons (Fsp3) is 0.316. The normalized spacial score (nSPS) is 18.1. The number of aromatic nitrogens is 4. The third-order valence-electron chi connectivity index (χ3n) is 4.62. The van der Waals surface area contributed by atoms with Crippen LogP contribution in [0.15, 0.2) is 55.0 Å². The number of nitrogens with zero attached hydrogens (tertiary/aromatic N) is 5. The van der Waals surface area contributed by atoms with Crippen molar-refractivity contribution in [3.8, 4) is 5.82 Å². The van der Waals surface area contributed by atoms with E-state index in [0.29, 0.717) is 6.04 Å². The number of aryl methyl sites for hydroxylation is 1. The zero-order valence-electron chi connectivity index (χ0n) is 13.8. The molecule has 1 saturated heterocycles. The van der Waals surface area contributed by atoms with Crippen LogP contribution in [0.25, 0.3) is 5.82 Å². The molecule has 1 aliphatic heterocycles. The zero-order chi connectivity index (χ0) is 16.4. The van der Waals surface area contributed by atoms with E-state index in [1.807, 2.05) is 48.3 Å². The highest BCUT2D eigenvalue weighted by Gasteiger charge is 2.27. The standard InChI is InChI=1S/C19H21N5/c1-15-20-11-13-24(15)19-9-4-7-17(22-19)18-8-5-12-23(18)14-16-6-2-3-10-21-16/h2-4,6-7,9-11,13,18H,5,8,12,14H2,1H3/t18-/m0/s1. The number of pyridine rings is 2. The van der Waals surface area contributed by atoms with Gasteiger partial charge < -0.3 is 0 Å². The average molecular weight is 319 g/mol. The Morgan fingerprint density at radius 2 is 2.04 bits per heavy atom. The van der Waals surface area contributed by atoms with Gasteiger partial charge in [0.1, 0.15) is 11.6 Å². The third kappa shape index (κ3) is 2.95. The lowest BCUT2D eigenvalue weighted by Gasteiger charge is -2.24. The molecule has 0 aromatic carbocycles. The summed E-state index contributed by atoms with van der Waals surface area (Å²) in [7, 11) is 0. The van der Waals surface area contributed by atoms with Crippen molar-refractivity contribution in [1.82, 2.24) is 24.4 Å². The van der Waals surface area contributed by atoms with Gasteiger partial charge in [0, 0.05) is 25.1 Å². The van der Waals surface area contributed by atoms with Crippen LogP contribution in [-0.2, 0) is 6.54 Å². The molecular weight excluding hydrogens is 298 g/mol. The first kappa shape index (κ1) is 15.0. The quantitative estimate of drug-likeness (QED) is 0.740. The van der Waals surface area contributed by atoms with Crippen LogP contribution in [-0.4, -0.2) is 31.0 Å². The number of rotatable bonds is 4. The highest BCUT2D eigenvalue weighted by molar-refractivity contribution is 5.28. The molecule has 122 valence electrons. The summed E-state index contributed by atoms with van der Waals surface area (Å²) >= 11 is 0. The number of hydrogen-bond donors (Lipinski definition) is 0. The summed E-state index contributed by atoms with van der Waals surface area (Å²) in [5, 5.41) is 0. The molecule has 0 spiro atoms. The molecule has 0 aliphatic carbocycles. The van der Waals surface area contributed by atoms with E-state index in [-0.39, 0.29) is 0 Å². The van der Waals surface area contributed by atoms with E-state index in [4.69, 9.17) is 4.98 Å². The van der Waals surface area contributed by atoms with Crippen LogP contribution in [0.3, 0.4) is 0 Å². The monoisotopic (exact) mass is 319 g/mol. The van der Waals surface area contributed by atoms with Gasteiger partial charge in [-0.3, -0.25) is 14.5 Å². The Labute approximate surface area is 142 Å². The molecule has 0 bridgehead atoms. The third-order valence-corrected chi connectivity index (χ3v) is 4.62. The Balaban J connectivity index is 1.59. The first-order valence-corrected chi connectivity index (χ1v) is 8.42. The van der Waals surface area contributed by atoms with Crippen molar-refractivity contribution in [3.63, 3.8) is 0 Å². The van der Waals surface area contributed by atoms with Crippen molar-refractivity contribution < 1.29 is 0 Å². The number of likely N-dealkylation sites (tertiary alicyclic amines) is 1. The zero-order valence-corrected chi connectivity index (χ0v) is 13.8. The summed E-state index contributed by atoms with van der Waals surface area (Å²) in [5.74, 6) is 1.89. The van der Waals surface area contributed by atoms with Crippen LogP contribution in [0.2, 0.25) is 0 Å². The van der Waals surface area contributed by atoms with E-state index in [0.717, 1.165) is 42.5 Å². The summed E-state index contributed by atoms with van der Waals surface area (Å²) in [6.45, 7) is 3.97. The highest BCUT2D eigenvalue weighted by atomic mass is 15.2. The molecule has 1 aliphatic rings. The van der Waals surface area contributed by atoms with Gasteiger partial charge in [-0.2, -0.15) is 0 Å². The van der Waals surface area contributed by atoms with Crippen molar-refractivity contribution in [1.29, 1.82) is 0 Å². The maximum Gasteiger partial charge on any atom is 0.138 e. The summed E-state index contributed by atoms with van der Waals surface area (Å²) in [4.78, 5) is 16.2. The summed E-state index contributed by atoms with van der Waals surface area (Å²) in [6, 6.07) is 12.7. The molecule has 0 radical (unpaired) electrons. The molecule has 3 aromatic rings. The minimum Gasteiger partial charge on any atom is -0.289 e. The van der Waals surface area contributed by atoms with Gasteiger partial charge in [-0.15, -0.1) is 0 Å². The molecule has 0 unspecified atom stereocenters. The van der Waals surface area contributed by atoms with Crippen LogP contribution < -0.4 is 0 Å². The average Bonchev–Trinajstić information content (AvgIpc) is 3.25. The molecule has 4 rings (SSSR count). The van der Waals surface area contributed by atoms with Gasteiger partial charge >= 0.3 is 0 Å². The fourth-order valence-electron chi connectivity index (χ4n) is 3.43. The smallest absolute Gasteiger partial charge is 0.138 e. The second-order valence-electron chi connectivity index (χ2n) is 6.21. The van der Waals surface area contributed by atoms with Gasteiger partial charge in [-0.1, -0.05) is 12.1 Å². The Kier molecular flexibility index (Phi) is 4.09. The highest BCUT2D eigenvalue weighted by Crippen LogP contribution is 2.32. The van der Waals surface area contributed by atoms with E-state index in [2.05, 4.69) is 33.1 Å². The van der Waals surface area contributed by atoms with Crippen molar-refractivity contribution in [3.05, 3.63) is 72.2 Å². The van der Waals surface area contributed by atoms with Crippen LogP contribution in [0, 0.1) is 6.92 Å². The maximum atomic E-state index is 4.91. The lowest BCUT2D eigenvalue weighted by molar-refractivity contribution is 0.241. The van der Waals surface area contributed by atoms with Crippen molar-refractivity contribution in [2.45, 2.75) is 32.4 Å². The van der Waals surface area contributed by atoms with E-state index in [9.17, 15) is 0 Å². The van der Waals surface area contributed by atoms with E-state index in [1.54, 1.807) is 0 Å². The molecule has 4 heterocycles. The molecule has 0 saturated carbocycles. The summed E-state index contributed by atoms with van der Waals surface area (Å²) in [5.41, 5.74) is 2.25. The largest absolute Gasteiger partial charge is 0.289 e. The molecule has 5 nitrogen and oxygen atoms in total. The lowest BCUT2D eigenvalue weighted by atomic mass is 10.1. The minimum atomic E-state index is 0.357. The van der Waals surface area contributed by atoms with Crippen LogP contribution >= 0.6 is 0 Å². The summed E-state index contributed by atoms with van der Waals surface area (Å²) in [6.07, 6.45) is 7.98. The molecule has 0 N–H and O–H groups in total. The van der Waals surface area contributed by atoms with Crippen LogP contribution in [0.1, 0.15) is 36.1 Å². The Hall–Kier alpha value is -2.53. The summed E-state index contributed by atoms with van der Waals surface area (Å²) < 4.78 is 2.03. The second kappa shape index (κ2) is 6.53. The van der Waals surface area contributed by atoms with Crippen LogP contribution in [0.5, 0.6) is 0 Å². The predicted molar refractivity (Wildman–Crippen MR) is 92.7 cm³/mol. The van der Waals surface area contributed by atoms with Crippen molar-refractivity contribution in [2.24, 2.45) is 0 Å². The van der Waals surface area contributed by atoms with Gasteiger partial charge in [0.2, 0.25) is 0 Å². The van der Waals surface area contributed by atoms with E-state index in [1.165, 1.54) is 6.42 Å². The Morgan fingerprint density at radius 3 is 2.83 bits per heavy atom. The number of hydrogen-bond acceptors (Lipinski definition) is 4. The van der Waals surface area contributed by atoms with Gasteiger partial charge in [0.05, 0.1) is 17.4 Å². The van der Waals surface area contributed by atoms with E-state index < -0.39 is 0 Å². The molecular formula is C19H21N5. The molecule has 1 atom stereocenters. The van der Waals surface area contributed by atoms with Gasteiger partial charge in [0.25, 0.3) is 0 Å². The molecule has 0 amide bonds. The van der Waals surface area contributed by atoms with Gasteiger partial charge in [-0.05, 0) is 50.6 Å². The minimum absolute atomic E-state index is 0.357. The Morgan fingerprint density at radius 1 is 1.08 bits per heavy atom. The van der Waals surface area contributed by atoms with E-state index >= 15 is 0 Å². The lowest BCUT2D eigenvalue weighted by Crippen LogP contribution is -2.24.